The zero-order valence-corrected chi connectivity index (χ0v) is 8.10. The molecule has 0 aromatic heterocycles. The van der Waals surface area contributed by atoms with Crippen LogP contribution >= 0.6 is 0 Å². The SMILES string of the molecule is CCCCCC1CCC[C@@H]1C. The summed E-state index contributed by atoms with van der Waals surface area (Å²) in [4.78, 5) is 0. The van der Waals surface area contributed by atoms with Crippen molar-refractivity contribution in [1.82, 2.24) is 0 Å². The molecule has 0 saturated heterocycles. The van der Waals surface area contributed by atoms with E-state index in [1.807, 2.05) is 0 Å². The van der Waals surface area contributed by atoms with Gasteiger partial charge >= 0.3 is 0 Å². The Kier molecular flexibility index (Phi) is 3.96. The number of rotatable bonds is 4. The van der Waals surface area contributed by atoms with Crippen molar-refractivity contribution in [3.05, 3.63) is 0 Å². The molecule has 66 valence electrons. The van der Waals surface area contributed by atoms with Crippen molar-refractivity contribution in [1.29, 1.82) is 0 Å². The third kappa shape index (κ3) is 2.84. The minimum absolute atomic E-state index is 1.03. The molecule has 0 aromatic rings. The molecule has 0 heteroatoms. The molecule has 0 spiro atoms. The Labute approximate surface area is 71.4 Å². The summed E-state index contributed by atoms with van der Waals surface area (Å²) in [6.45, 7) is 4.72. The molecule has 0 heterocycles. The normalized spacial score (nSPS) is 31.1. The van der Waals surface area contributed by atoms with Gasteiger partial charge in [0.15, 0.2) is 0 Å². The van der Waals surface area contributed by atoms with E-state index in [2.05, 4.69) is 13.8 Å². The van der Waals surface area contributed by atoms with Crippen LogP contribution in [0.25, 0.3) is 0 Å². The molecule has 1 fully saturated rings. The second-order valence-corrected chi connectivity index (χ2v) is 4.16. The van der Waals surface area contributed by atoms with Gasteiger partial charge in [-0.25, -0.2) is 0 Å². The third-order valence-electron chi connectivity index (χ3n) is 3.22. The number of hydrogen-bond acceptors (Lipinski definition) is 0. The van der Waals surface area contributed by atoms with Crippen molar-refractivity contribution in [3.63, 3.8) is 0 Å². The maximum atomic E-state index is 2.43. The largest absolute Gasteiger partial charge is 0.0654 e. The predicted octanol–water partition coefficient (Wildman–Crippen LogP) is 4.00. The average Bonchev–Trinajstić information content (AvgIpc) is 2.37. The van der Waals surface area contributed by atoms with Crippen molar-refractivity contribution >= 4 is 0 Å². The Hall–Kier alpha value is 0. The summed E-state index contributed by atoms with van der Waals surface area (Å²) < 4.78 is 0. The first-order valence-electron chi connectivity index (χ1n) is 5.34. The van der Waals surface area contributed by atoms with Gasteiger partial charge in [-0.3, -0.25) is 0 Å². The molecule has 2 atom stereocenters. The summed E-state index contributed by atoms with van der Waals surface area (Å²) in [5, 5.41) is 0. The van der Waals surface area contributed by atoms with Crippen LogP contribution in [0, 0.1) is 11.8 Å². The van der Waals surface area contributed by atoms with E-state index in [-0.39, 0.29) is 0 Å². The molecule has 1 aliphatic carbocycles. The molecule has 1 saturated carbocycles. The highest BCUT2D eigenvalue weighted by atomic mass is 14.3. The van der Waals surface area contributed by atoms with Gasteiger partial charge in [0.1, 0.15) is 0 Å². The Morgan fingerprint density at radius 1 is 1.18 bits per heavy atom. The van der Waals surface area contributed by atoms with Gasteiger partial charge in [0.05, 0.1) is 0 Å². The Morgan fingerprint density at radius 2 is 2.00 bits per heavy atom. The monoisotopic (exact) mass is 154 g/mol. The highest BCUT2D eigenvalue weighted by molar-refractivity contribution is 4.73. The predicted molar refractivity (Wildman–Crippen MR) is 50.6 cm³/mol. The van der Waals surface area contributed by atoms with E-state index in [0.717, 1.165) is 11.8 Å². The fourth-order valence-electron chi connectivity index (χ4n) is 2.31. The Balaban J connectivity index is 2.05. The Bertz CT molecular complexity index is 96.2. The number of unbranched alkanes of at least 4 members (excludes halogenated alkanes) is 2. The van der Waals surface area contributed by atoms with Crippen LogP contribution in [0.2, 0.25) is 0 Å². The standard InChI is InChI=1S/C11H22/c1-3-4-5-8-11-9-6-7-10(11)2/h10-11H,3-9H2,1-2H3/t10-,11?/m0/s1. The first-order chi connectivity index (χ1) is 5.34. The van der Waals surface area contributed by atoms with Gasteiger partial charge in [-0.2, -0.15) is 0 Å². The van der Waals surface area contributed by atoms with Crippen LogP contribution in [0.3, 0.4) is 0 Å². The average molecular weight is 154 g/mol. The van der Waals surface area contributed by atoms with E-state index in [9.17, 15) is 0 Å². The summed E-state index contributed by atoms with van der Waals surface area (Å²) in [5.41, 5.74) is 0. The molecule has 0 amide bonds. The van der Waals surface area contributed by atoms with Crippen LogP contribution < -0.4 is 0 Å². The van der Waals surface area contributed by atoms with Gasteiger partial charge in [-0.1, -0.05) is 58.8 Å². The van der Waals surface area contributed by atoms with E-state index < -0.39 is 0 Å². The maximum absolute atomic E-state index is 2.43. The van der Waals surface area contributed by atoms with E-state index in [1.54, 1.807) is 0 Å². The zero-order valence-electron chi connectivity index (χ0n) is 8.10. The lowest BCUT2D eigenvalue weighted by Gasteiger charge is -2.13. The Morgan fingerprint density at radius 3 is 2.55 bits per heavy atom. The van der Waals surface area contributed by atoms with Gasteiger partial charge < -0.3 is 0 Å². The lowest BCUT2D eigenvalue weighted by atomic mass is 9.92. The van der Waals surface area contributed by atoms with Crippen LogP contribution in [-0.2, 0) is 0 Å². The molecule has 0 aromatic carbocycles. The summed E-state index contributed by atoms with van der Waals surface area (Å²) >= 11 is 0. The van der Waals surface area contributed by atoms with E-state index in [1.165, 1.54) is 44.9 Å². The molecule has 1 rings (SSSR count). The lowest BCUT2D eigenvalue weighted by Crippen LogP contribution is -2.02. The van der Waals surface area contributed by atoms with Crippen molar-refractivity contribution in [2.75, 3.05) is 0 Å². The first kappa shape index (κ1) is 9.09. The number of hydrogen-bond donors (Lipinski definition) is 0. The smallest absolute Gasteiger partial charge is 0.0388 e. The van der Waals surface area contributed by atoms with Crippen LogP contribution in [0.4, 0.5) is 0 Å². The van der Waals surface area contributed by atoms with Gasteiger partial charge in [0.25, 0.3) is 0 Å². The van der Waals surface area contributed by atoms with Gasteiger partial charge in [-0.05, 0) is 11.8 Å². The van der Waals surface area contributed by atoms with Crippen LogP contribution in [0.5, 0.6) is 0 Å². The maximum Gasteiger partial charge on any atom is -0.0388 e. The van der Waals surface area contributed by atoms with E-state index in [4.69, 9.17) is 0 Å². The zero-order chi connectivity index (χ0) is 8.10. The lowest BCUT2D eigenvalue weighted by molar-refractivity contribution is 0.376. The molecule has 11 heavy (non-hydrogen) atoms. The molecule has 0 bridgehead atoms. The molecule has 0 aliphatic heterocycles. The molecule has 0 N–H and O–H groups in total. The summed E-state index contributed by atoms with van der Waals surface area (Å²) in [6, 6.07) is 0. The van der Waals surface area contributed by atoms with Crippen molar-refractivity contribution < 1.29 is 0 Å². The van der Waals surface area contributed by atoms with Crippen molar-refractivity contribution in [2.24, 2.45) is 11.8 Å². The van der Waals surface area contributed by atoms with E-state index >= 15 is 0 Å². The highest BCUT2D eigenvalue weighted by Crippen LogP contribution is 2.34. The molecule has 1 unspecified atom stereocenters. The van der Waals surface area contributed by atoms with Gasteiger partial charge in [0, 0.05) is 0 Å². The molecule has 0 nitrogen and oxygen atoms in total. The van der Waals surface area contributed by atoms with E-state index in [0.29, 0.717) is 0 Å². The third-order valence-corrected chi connectivity index (χ3v) is 3.22. The van der Waals surface area contributed by atoms with Crippen LogP contribution in [-0.4, -0.2) is 0 Å². The minimum Gasteiger partial charge on any atom is -0.0654 e. The first-order valence-corrected chi connectivity index (χ1v) is 5.34. The second-order valence-electron chi connectivity index (χ2n) is 4.16. The van der Waals surface area contributed by atoms with Crippen molar-refractivity contribution in [3.8, 4) is 0 Å². The summed E-state index contributed by atoms with van der Waals surface area (Å²) in [6.07, 6.45) is 10.3. The van der Waals surface area contributed by atoms with Crippen LogP contribution in [0.1, 0.15) is 58.8 Å². The second kappa shape index (κ2) is 4.79. The van der Waals surface area contributed by atoms with Gasteiger partial charge in [-0.15, -0.1) is 0 Å². The van der Waals surface area contributed by atoms with Crippen LogP contribution in [0.15, 0.2) is 0 Å². The highest BCUT2D eigenvalue weighted by Gasteiger charge is 2.21. The fraction of sp³-hybridized carbons (Fsp3) is 1.00. The summed E-state index contributed by atoms with van der Waals surface area (Å²) in [5.74, 6) is 2.12. The summed E-state index contributed by atoms with van der Waals surface area (Å²) in [7, 11) is 0. The molecular formula is C11H22. The molecular weight excluding hydrogens is 132 g/mol. The quantitative estimate of drug-likeness (QED) is 0.537. The minimum atomic E-state index is 1.03. The van der Waals surface area contributed by atoms with Crippen molar-refractivity contribution in [2.45, 2.75) is 58.8 Å². The molecule has 1 aliphatic rings. The van der Waals surface area contributed by atoms with Gasteiger partial charge in [0.2, 0.25) is 0 Å². The fourth-order valence-corrected chi connectivity index (χ4v) is 2.31. The molecule has 0 radical (unpaired) electrons. The topological polar surface area (TPSA) is 0 Å².